The molecule has 0 bridgehead atoms. The third kappa shape index (κ3) is 6.38. The summed E-state index contributed by atoms with van der Waals surface area (Å²) < 4.78 is 65.0. The van der Waals surface area contributed by atoms with Gasteiger partial charge in [-0.25, -0.2) is 16.8 Å². The van der Waals surface area contributed by atoms with Crippen molar-refractivity contribution in [1.29, 1.82) is 0 Å². The molecule has 0 saturated carbocycles. The number of benzene rings is 2. The second kappa shape index (κ2) is 11.5. The van der Waals surface area contributed by atoms with Crippen molar-refractivity contribution in [1.82, 2.24) is 0 Å². The Kier molecular flexibility index (Phi) is 10.3. The SMILES string of the molecule is C=C1C(=O)c2ccccc2C=C1S(=O)(=O)[O-].O=C1C=C(S(=O)(=O)[O-])C(=O)c2ccccc21.[Na+].[Na+]. The van der Waals surface area contributed by atoms with Crippen LogP contribution in [0.3, 0.4) is 0 Å². The van der Waals surface area contributed by atoms with E-state index in [1.54, 1.807) is 30.3 Å². The molecule has 0 unspecified atom stereocenters. The zero-order valence-corrected chi connectivity index (χ0v) is 23.6. The van der Waals surface area contributed by atoms with E-state index < -0.39 is 47.4 Å². The monoisotopic (exact) mass is 518 g/mol. The Morgan fingerprint density at radius 3 is 1.62 bits per heavy atom. The third-order valence-electron chi connectivity index (χ3n) is 4.53. The van der Waals surface area contributed by atoms with Gasteiger partial charge < -0.3 is 9.11 Å². The molecule has 2 aliphatic rings. The summed E-state index contributed by atoms with van der Waals surface area (Å²) in [6.07, 6.45) is 1.76. The van der Waals surface area contributed by atoms with E-state index in [9.17, 15) is 40.3 Å². The van der Waals surface area contributed by atoms with Gasteiger partial charge in [-0.2, -0.15) is 0 Å². The van der Waals surface area contributed by atoms with Gasteiger partial charge in [-0.15, -0.1) is 0 Å². The summed E-state index contributed by atoms with van der Waals surface area (Å²) >= 11 is 0. The van der Waals surface area contributed by atoms with Crippen LogP contribution in [-0.4, -0.2) is 43.3 Å². The van der Waals surface area contributed by atoms with Crippen molar-refractivity contribution in [3.63, 3.8) is 0 Å². The summed E-state index contributed by atoms with van der Waals surface area (Å²) in [5, 5.41) is 0. The number of ketones is 3. The van der Waals surface area contributed by atoms with Gasteiger partial charge in [0.25, 0.3) is 0 Å². The fraction of sp³-hybridized carbons (Fsp3) is 0. The molecule has 0 amide bonds. The first-order chi connectivity index (χ1) is 14.8. The number of fused-ring (bicyclic) bond motifs is 2. The normalized spacial score (nSPS) is 14.8. The molecule has 13 heteroatoms. The summed E-state index contributed by atoms with van der Waals surface area (Å²) in [4.78, 5) is 33.3. The summed E-state index contributed by atoms with van der Waals surface area (Å²) in [6, 6.07) is 12.2. The summed E-state index contributed by atoms with van der Waals surface area (Å²) in [6.45, 7) is 3.34. The van der Waals surface area contributed by atoms with Gasteiger partial charge in [-0.05, 0) is 11.6 Å². The van der Waals surface area contributed by atoms with Crippen molar-refractivity contribution >= 4 is 43.7 Å². The van der Waals surface area contributed by atoms with Gasteiger partial charge in [-0.1, -0.05) is 55.1 Å². The quantitative estimate of drug-likeness (QED) is 0.218. The Bertz CT molecular complexity index is 1490. The summed E-state index contributed by atoms with van der Waals surface area (Å²) in [7, 11) is -9.57. The zero-order chi connectivity index (χ0) is 23.8. The fourth-order valence-electron chi connectivity index (χ4n) is 3.03. The Balaban J connectivity index is 0.000000321. The maximum Gasteiger partial charge on any atom is 1.00 e. The van der Waals surface area contributed by atoms with E-state index in [1.807, 2.05) is 0 Å². The van der Waals surface area contributed by atoms with Gasteiger partial charge in [-0.3, -0.25) is 14.4 Å². The van der Waals surface area contributed by atoms with E-state index in [0.29, 0.717) is 17.2 Å². The van der Waals surface area contributed by atoms with Gasteiger partial charge in [0.15, 0.2) is 11.6 Å². The molecule has 0 aliphatic heterocycles. The zero-order valence-electron chi connectivity index (χ0n) is 18.0. The van der Waals surface area contributed by atoms with E-state index in [-0.39, 0.29) is 75.8 Å². The van der Waals surface area contributed by atoms with E-state index in [2.05, 4.69) is 6.58 Å². The molecule has 0 radical (unpaired) electrons. The summed E-state index contributed by atoms with van der Waals surface area (Å²) in [5.41, 5.74) is 0.576. The van der Waals surface area contributed by atoms with Crippen LogP contribution in [0.4, 0.5) is 0 Å². The molecule has 164 valence electrons. The van der Waals surface area contributed by atoms with Crippen LogP contribution in [0, 0.1) is 0 Å². The number of Topliss-reactive ketones (excluding diaryl/α,β-unsaturated/α-hetero) is 2. The van der Waals surface area contributed by atoms with Gasteiger partial charge in [0.2, 0.25) is 5.78 Å². The van der Waals surface area contributed by atoms with Crippen LogP contribution in [0.2, 0.25) is 0 Å². The van der Waals surface area contributed by atoms with Crippen LogP contribution in [0.15, 0.2) is 76.6 Å². The van der Waals surface area contributed by atoms with E-state index in [4.69, 9.17) is 0 Å². The Labute approximate surface area is 239 Å². The first-order valence-electron chi connectivity index (χ1n) is 8.68. The second-order valence-electron chi connectivity index (χ2n) is 6.56. The maximum atomic E-state index is 11.7. The van der Waals surface area contributed by atoms with Crippen LogP contribution in [-0.2, 0) is 20.2 Å². The van der Waals surface area contributed by atoms with Gasteiger partial charge in [0, 0.05) is 28.3 Å². The van der Waals surface area contributed by atoms with Crippen molar-refractivity contribution < 1.29 is 99.4 Å². The van der Waals surface area contributed by atoms with Crippen molar-refractivity contribution in [2.75, 3.05) is 0 Å². The average Bonchev–Trinajstić information content (AvgIpc) is 2.72. The Hall–Kier alpha value is -1.51. The first-order valence-corrected chi connectivity index (χ1v) is 11.5. The van der Waals surface area contributed by atoms with E-state index >= 15 is 0 Å². The molecule has 0 atom stereocenters. The van der Waals surface area contributed by atoms with Gasteiger partial charge >= 0.3 is 59.1 Å². The summed E-state index contributed by atoms with van der Waals surface area (Å²) in [5.74, 6) is -2.10. The van der Waals surface area contributed by atoms with Gasteiger partial charge in [0.05, 0.1) is 4.91 Å². The van der Waals surface area contributed by atoms with E-state index in [0.717, 1.165) is 0 Å². The second-order valence-corrected chi connectivity index (χ2v) is 9.26. The van der Waals surface area contributed by atoms with Crippen molar-refractivity contribution in [2.24, 2.45) is 0 Å². The Morgan fingerprint density at radius 2 is 1.09 bits per heavy atom. The molecule has 0 heterocycles. The molecular formula is C21H12Na2O9S2. The third-order valence-corrected chi connectivity index (χ3v) is 6.27. The Morgan fingerprint density at radius 1 is 0.618 bits per heavy atom. The average molecular weight is 518 g/mol. The number of carbonyl (C=O) groups is 3. The number of allylic oxidation sites excluding steroid dienone is 3. The molecule has 2 aliphatic carbocycles. The van der Waals surface area contributed by atoms with Crippen molar-refractivity contribution in [2.45, 2.75) is 0 Å². The topological polar surface area (TPSA) is 166 Å². The predicted molar refractivity (Wildman–Crippen MR) is 110 cm³/mol. The van der Waals surface area contributed by atoms with Gasteiger partial charge in [0.1, 0.15) is 25.1 Å². The van der Waals surface area contributed by atoms with Crippen LogP contribution >= 0.6 is 0 Å². The number of rotatable bonds is 2. The smallest absolute Gasteiger partial charge is 0.744 e. The maximum absolute atomic E-state index is 11.7. The molecule has 34 heavy (non-hydrogen) atoms. The van der Waals surface area contributed by atoms with Crippen molar-refractivity contribution in [3.05, 3.63) is 98.8 Å². The van der Waals surface area contributed by atoms with Crippen LogP contribution < -0.4 is 59.1 Å². The largest absolute Gasteiger partial charge is 1.00 e. The van der Waals surface area contributed by atoms with Crippen LogP contribution in [0.5, 0.6) is 0 Å². The number of hydrogen-bond donors (Lipinski definition) is 0. The standard InChI is InChI=1S/C11H8O4S.C10H6O5S.2Na/c1-7-10(16(13,14)15)6-8-4-2-3-5-9(8)11(7)12;11-8-5-9(16(13,14)15)10(12)7-4-2-1-3-6(7)8;;/h2-6H,1H2,(H,13,14,15);1-5H,(H,13,14,15);;/q;;2*+1/p-2. The minimum absolute atomic E-state index is 0. The minimum atomic E-state index is -4.91. The first kappa shape index (κ1) is 30.5. The minimum Gasteiger partial charge on any atom is -0.744 e. The molecule has 0 aromatic heterocycles. The number of carbonyl (C=O) groups excluding carboxylic acids is 3. The molecular weight excluding hydrogens is 506 g/mol. The molecule has 0 fully saturated rings. The molecule has 4 rings (SSSR count). The number of hydrogen-bond acceptors (Lipinski definition) is 9. The molecule has 0 saturated heterocycles. The molecule has 9 nitrogen and oxygen atoms in total. The molecule has 0 spiro atoms. The predicted octanol–water partition coefficient (Wildman–Crippen LogP) is -4.17. The molecule has 2 aromatic carbocycles. The fourth-order valence-corrected chi connectivity index (χ4v) is 4.29. The van der Waals surface area contributed by atoms with Crippen molar-refractivity contribution in [3.8, 4) is 0 Å². The molecule has 2 aromatic rings. The van der Waals surface area contributed by atoms with E-state index in [1.165, 1.54) is 24.3 Å². The van der Waals surface area contributed by atoms with Crippen LogP contribution in [0.25, 0.3) is 6.08 Å². The molecule has 0 N–H and O–H groups in total. The van der Waals surface area contributed by atoms with Crippen LogP contribution in [0.1, 0.15) is 36.6 Å².